The van der Waals surface area contributed by atoms with Crippen LogP contribution in [0.15, 0.2) is 66.1 Å². The molecule has 0 fully saturated rings. The molecule has 0 spiro atoms. The molecular weight excluding hydrogens is 460 g/mol. The molecule has 5 N–H and O–H groups in total. The lowest BCUT2D eigenvalue weighted by Crippen LogP contribution is -2.51. The Morgan fingerprint density at radius 3 is 2.23 bits per heavy atom. The fourth-order valence-corrected chi connectivity index (χ4v) is 3.52. The summed E-state index contributed by atoms with van der Waals surface area (Å²) in [5.41, 5.74) is 4.76. The van der Waals surface area contributed by atoms with Gasteiger partial charge in [0.2, 0.25) is 11.8 Å². The topological polar surface area (TPSA) is 105 Å². The van der Waals surface area contributed by atoms with Gasteiger partial charge in [0.1, 0.15) is 11.8 Å². The number of hydrazine groups is 1. The Balaban J connectivity index is 0.000000744. The smallest absolute Gasteiger partial charge is 0.239 e. The second kappa shape index (κ2) is 17.6. The average Bonchev–Trinajstić information content (AvgIpc) is 2.85. The van der Waals surface area contributed by atoms with Crippen molar-refractivity contribution < 1.29 is 14.3 Å². The summed E-state index contributed by atoms with van der Waals surface area (Å²) in [7, 11) is 1.60. The van der Waals surface area contributed by atoms with Crippen LogP contribution in [0.2, 0.25) is 0 Å². The zero-order valence-electron chi connectivity index (χ0n) is 21.4. The number of carbonyl (C=O) groups excluding carboxylic acids is 2. The quantitative estimate of drug-likeness (QED) is 0.262. The lowest BCUT2D eigenvalue weighted by molar-refractivity contribution is -0.127. The maximum absolute atomic E-state index is 12.4. The van der Waals surface area contributed by atoms with Crippen LogP contribution in [-0.4, -0.2) is 43.8 Å². The normalized spacial score (nSPS) is 12.4. The third-order valence-electron chi connectivity index (χ3n) is 5.00. The van der Waals surface area contributed by atoms with Gasteiger partial charge in [-0.3, -0.25) is 15.4 Å². The fraction of sp³-hybridized carbons (Fsp3) is 0.407. The zero-order chi connectivity index (χ0) is 26.1. The molecule has 2 atom stereocenters. The van der Waals surface area contributed by atoms with Gasteiger partial charge in [0.15, 0.2) is 0 Å². The van der Waals surface area contributed by atoms with Crippen LogP contribution in [0.5, 0.6) is 5.75 Å². The number of benzene rings is 2. The van der Waals surface area contributed by atoms with Gasteiger partial charge >= 0.3 is 0 Å². The van der Waals surface area contributed by atoms with E-state index in [0.29, 0.717) is 12.3 Å². The lowest BCUT2D eigenvalue weighted by atomic mass is 10.0. The number of rotatable bonds is 12. The number of thioether (sulfide) groups is 1. The van der Waals surface area contributed by atoms with Crippen molar-refractivity contribution >= 4 is 23.6 Å². The van der Waals surface area contributed by atoms with E-state index < -0.39 is 6.04 Å². The Hall–Kier alpha value is -2.81. The maximum Gasteiger partial charge on any atom is 0.239 e. The van der Waals surface area contributed by atoms with Crippen LogP contribution in [0.25, 0.3) is 0 Å². The third-order valence-corrected chi connectivity index (χ3v) is 5.43. The van der Waals surface area contributed by atoms with Crippen LogP contribution in [0.4, 0.5) is 0 Å². The standard InChI is InChI=1S/C20H32N4O3S.C7H8/c1-14(2)11-16(9-10-28-4)23-19(25)13-22-20(26)18(24-21)12-15-5-7-17(27-3)8-6-15;1-7-5-3-2-4-6-7/h5-10,14,16,18,24H,11-13,21H2,1-4H3,(H,22,26)(H,23,25);2-6H,1H3/b10-9+;. The van der Waals surface area contributed by atoms with Crippen LogP contribution < -0.4 is 26.6 Å². The number of carbonyl (C=O) groups is 2. The summed E-state index contributed by atoms with van der Waals surface area (Å²) >= 11 is 1.58. The van der Waals surface area contributed by atoms with Crippen molar-refractivity contribution in [3.63, 3.8) is 0 Å². The average molecular weight is 501 g/mol. The Morgan fingerprint density at radius 2 is 1.74 bits per heavy atom. The first-order chi connectivity index (χ1) is 16.8. The van der Waals surface area contributed by atoms with Crippen molar-refractivity contribution in [2.75, 3.05) is 19.9 Å². The number of nitrogens with one attached hydrogen (secondary N) is 3. The van der Waals surface area contributed by atoms with E-state index in [2.05, 4.69) is 49.0 Å². The molecule has 8 heteroatoms. The maximum atomic E-state index is 12.4. The number of ether oxygens (including phenoxy) is 1. The molecular formula is C27H40N4O3S. The van der Waals surface area contributed by atoms with Gasteiger partial charge in [-0.2, -0.15) is 0 Å². The van der Waals surface area contributed by atoms with E-state index in [9.17, 15) is 9.59 Å². The molecule has 0 aliphatic heterocycles. The molecule has 0 saturated heterocycles. The molecule has 2 unspecified atom stereocenters. The number of aryl methyl sites for hydroxylation is 1. The minimum Gasteiger partial charge on any atom is -0.497 e. The third kappa shape index (κ3) is 13.6. The second-order valence-electron chi connectivity index (χ2n) is 8.51. The van der Waals surface area contributed by atoms with Crippen LogP contribution in [0.3, 0.4) is 0 Å². The first-order valence-corrected chi connectivity index (χ1v) is 12.9. The number of hydrogen-bond donors (Lipinski definition) is 4. The molecule has 0 heterocycles. The molecule has 2 aromatic rings. The van der Waals surface area contributed by atoms with E-state index in [1.807, 2.05) is 60.2 Å². The van der Waals surface area contributed by atoms with Gasteiger partial charge < -0.3 is 15.4 Å². The molecule has 7 nitrogen and oxygen atoms in total. The Labute approximate surface area is 214 Å². The number of nitrogens with two attached hydrogens (primary N) is 1. The molecule has 0 radical (unpaired) electrons. The minimum atomic E-state index is -0.635. The van der Waals surface area contributed by atoms with Gasteiger partial charge in [0.05, 0.1) is 13.7 Å². The van der Waals surface area contributed by atoms with Crippen molar-refractivity contribution in [3.8, 4) is 5.75 Å². The van der Waals surface area contributed by atoms with Gasteiger partial charge in [0.25, 0.3) is 0 Å². The highest BCUT2D eigenvalue weighted by Crippen LogP contribution is 2.12. The first kappa shape index (κ1) is 30.2. The van der Waals surface area contributed by atoms with Gasteiger partial charge in [-0.1, -0.05) is 68.0 Å². The largest absolute Gasteiger partial charge is 0.497 e. The van der Waals surface area contributed by atoms with Crippen LogP contribution in [0, 0.1) is 12.8 Å². The van der Waals surface area contributed by atoms with E-state index in [-0.39, 0.29) is 24.4 Å². The summed E-state index contributed by atoms with van der Waals surface area (Å²) in [6.45, 7) is 6.19. The molecule has 35 heavy (non-hydrogen) atoms. The zero-order valence-corrected chi connectivity index (χ0v) is 22.2. The molecule has 2 rings (SSSR count). The van der Waals surface area contributed by atoms with Gasteiger partial charge in [-0.05, 0) is 55.0 Å². The van der Waals surface area contributed by atoms with Crippen molar-refractivity contribution in [3.05, 3.63) is 77.2 Å². The second-order valence-corrected chi connectivity index (χ2v) is 9.26. The van der Waals surface area contributed by atoms with E-state index in [0.717, 1.165) is 17.7 Å². The predicted octanol–water partition coefficient (Wildman–Crippen LogP) is 3.59. The van der Waals surface area contributed by atoms with E-state index in [1.165, 1.54) is 5.56 Å². The molecule has 0 saturated carbocycles. The Kier molecular flexibility index (Phi) is 15.2. The highest BCUT2D eigenvalue weighted by molar-refractivity contribution is 8.01. The molecule has 2 amide bonds. The van der Waals surface area contributed by atoms with Gasteiger partial charge in [-0.15, -0.1) is 11.8 Å². The van der Waals surface area contributed by atoms with Crippen molar-refractivity contribution in [2.24, 2.45) is 11.8 Å². The van der Waals surface area contributed by atoms with Crippen LogP contribution in [0.1, 0.15) is 31.4 Å². The Bertz CT molecular complexity index is 889. The molecule has 0 aliphatic carbocycles. The van der Waals surface area contributed by atoms with Gasteiger partial charge in [0, 0.05) is 6.04 Å². The summed E-state index contributed by atoms with van der Waals surface area (Å²) < 4.78 is 5.12. The number of methoxy groups -OCH3 is 1. The van der Waals surface area contributed by atoms with E-state index in [4.69, 9.17) is 10.6 Å². The van der Waals surface area contributed by atoms with Crippen LogP contribution in [-0.2, 0) is 16.0 Å². The lowest BCUT2D eigenvalue weighted by Gasteiger charge is -2.19. The SMILES string of the molecule is COc1ccc(CC(NN)C(=O)NCC(=O)NC(/C=C/SC)CC(C)C)cc1.Cc1ccccc1. The van der Waals surface area contributed by atoms with Crippen molar-refractivity contribution in [1.82, 2.24) is 16.1 Å². The number of hydrogen-bond acceptors (Lipinski definition) is 6. The minimum absolute atomic E-state index is 0.0559. The summed E-state index contributed by atoms with van der Waals surface area (Å²) in [6, 6.07) is 17.0. The highest BCUT2D eigenvalue weighted by atomic mass is 32.2. The number of amides is 2. The monoisotopic (exact) mass is 500 g/mol. The van der Waals surface area contributed by atoms with Crippen LogP contribution >= 0.6 is 11.8 Å². The summed E-state index contributed by atoms with van der Waals surface area (Å²) in [5.74, 6) is 6.16. The summed E-state index contributed by atoms with van der Waals surface area (Å²) in [5, 5.41) is 7.54. The summed E-state index contributed by atoms with van der Waals surface area (Å²) in [4.78, 5) is 24.6. The predicted molar refractivity (Wildman–Crippen MR) is 146 cm³/mol. The van der Waals surface area contributed by atoms with Gasteiger partial charge in [-0.25, -0.2) is 5.43 Å². The Morgan fingerprint density at radius 1 is 1.09 bits per heavy atom. The first-order valence-electron chi connectivity index (χ1n) is 11.7. The molecule has 2 aromatic carbocycles. The van der Waals surface area contributed by atoms with E-state index in [1.54, 1.807) is 18.9 Å². The molecule has 0 aliphatic rings. The summed E-state index contributed by atoms with van der Waals surface area (Å²) in [6.07, 6.45) is 5.17. The van der Waals surface area contributed by atoms with E-state index >= 15 is 0 Å². The van der Waals surface area contributed by atoms with Crippen molar-refractivity contribution in [1.29, 1.82) is 0 Å². The molecule has 0 bridgehead atoms. The van der Waals surface area contributed by atoms with Crippen molar-refractivity contribution in [2.45, 2.75) is 45.7 Å². The molecule has 192 valence electrons. The molecule has 0 aromatic heterocycles. The highest BCUT2D eigenvalue weighted by Gasteiger charge is 2.19. The fourth-order valence-electron chi connectivity index (χ4n) is 3.17.